The molecule has 0 bridgehead atoms. The minimum Gasteiger partial charge on any atom is -0.478 e. The molecule has 11 atom stereocenters. The quantitative estimate of drug-likeness (QED) is 0.168. The Hall–Kier alpha value is -1.64. The van der Waals surface area contributed by atoms with Crippen LogP contribution in [-0.4, -0.2) is 103 Å². The van der Waals surface area contributed by atoms with E-state index >= 15 is 0 Å². The summed E-state index contributed by atoms with van der Waals surface area (Å²) in [5.74, 6) is -2.77. The molecule has 0 aromatic rings. The predicted molar refractivity (Wildman–Crippen MR) is 156 cm³/mol. The molecule has 43 heavy (non-hydrogen) atoms. The molecule has 0 radical (unpaired) electrons. The molecule has 1 unspecified atom stereocenters. The number of aliphatic carboxylic acids is 1. The van der Waals surface area contributed by atoms with Gasteiger partial charge in [-0.1, -0.05) is 46.6 Å². The first-order valence-corrected chi connectivity index (χ1v) is 15.5. The summed E-state index contributed by atoms with van der Waals surface area (Å²) in [6.07, 6.45) is 1.60. The molecule has 12 heteroatoms. The van der Waals surface area contributed by atoms with Crippen molar-refractivity contribution >= 4 is 11.9 Å². The van der Waals surface area contributed by atoms with Crippen molar-refractivity contribution in [2.24, 2.45) is 17.3 Å². The van der Waals surface area contributed by atoms with Gasteiger partial charge in [-0.05, 0) is 38.0 Å². The lowest BCUT2D eigenvalue weighted by molar-refractivity contribution is -0.334. The summed E-state index contributed by atoms with van der Waals surface area (Å²) in [5.41, 5.74) is -0.539. The number of unbranched alkanes of at least 4 members (excludes halogenated alkanes) is 3. The molecule has 3 aliphatic rings. The lowest BCUT2D eigenvalue weighted by Gasteiger charge is -2.54. The zero-order valence-electron chi connectivity index (χ0n) is 26.7. The van der Waals surface area contributed by atoms with Crippen LogP contribution in [0.15, 0.2) is 12.2 Å². The predicted octanol–water partition coefficient (Wildman–Crippen LogP) is 2.74. The molecule has 4 N–H and O–H groups in total. The van der Waals surface area contributed by atoms with Gasteiger partial charge < -0.3 is 49.1 Å². The second kappa shape index (κ2) is 15.6. The maximum Gasteiger partial charge on any atom is 0.327 e. The monoisotopic (exact) mass is 615 g/mol. The molecule has 3 aliphatic heterocycles. The summed E-state index contributed by atoms with van der Waals surface area (Å²) in [5, 5.41) is 33.6. The van der Waals surface area contributed by atoms with Gasteiger partial charge in [-0.25, -0.2) is 4.79 Å². The van der Waals surface area contributed by atoms with Gasteiger partial charge in [0.15, 0.2) is 12.3 Å². The molecule has 0 saturated carbocycles. The molecule has 3 fully saturated rings. The summed E-state index contributed by atoms with van der Waals surface area (Å²) < 4.78 is 35.9. The fourth-order valence-corrected chi connectivity index (χ4v) is 6.63. The number of ether oxygens (including phenoxy) is 6. The number of hydrogen-bond acceptors (Lipinski definition) is 10. The number of carbonyl (C=O) groups excluding carboxylic acids is 1. The molecule has 0 aromatic carbocycles. The Morgan fingerprint density at radius 1 is 1.07 bits per heavy atom. The highest BCUT2D eigenvalue weighted by Gasteiger charge is 2.57. The molecule has 1 amide bonds. The zero-order chi connectivity index (χ0) is 31.9. The summed E-state index contributed by atoms with van der Waals surface area (Å²) in [7, 11) is 3.03. The number of nitrogens with one attached hydrogen (secondary N) is 1. The summed E-state index contributed by atoms with van der Waals surface area (Å²) in [4.78, 5) is 24.0. The van der Waals surface area contributed by atoms with Crippen molar-refractivity contribution in [3.8, 4) is 0 Å². The van der Waals surface area contributed by atoms with Crippen molar-refractivity contribution in [3.05, 3.63) is 12.2 Å². The molecule has 0 aliphatic carbocycles. The number of fused-ring (bicyclic) bond motifs is 1. The normalized spacial score (nSPS) is 37.4. The number of aliphatic hydroxyl groups excluding tert-OH is 2. The van der Waals surface area contributed by atoms with Gasteiger partial charge >= 0.3 is 5.97 Å². The van der Waals surface area contributed by atoms with Crippen LogP contribution in [0.5, 0.6) is 0 Å². The molecule has 248 valence electrons. The summed E-state index contributed by atoms with van der Waals surface area (Å²) >= 11 is 0. The van der Waals surface area contributed by atoms with Gasteiger partial charge in [0.05, 0.1) is 24.4 Å². The number of allylic oxidation sites excluding steroid dienone is 1. The van der Waals surface area contributed by atoms with Crippen molar-refractivity contribution in [1.82, 2.24) is 5.32 Å². The standard InChI is InChI=1S/C31H53NO11/c1-18-16-31(39-7,43-20(3)19(18)2)26(36)28(37)32-29-25-24(40-17-41-29)27(38-6)30(4,5)22(42-25)15-21(33)13-11-9-8-10-12-14-23(34)35/h12,14,18-22,24-27,29,33,36H,8-11,13,15-17H2,1-7H3,(H,32,37)(H,34,35)/b14-12+/t18?,19-,20-,21-,22-,24+,25+,26-,27-,29-,31-/m1/s1. The fraction of sp³-hybridized carbons (Fsp3) is 0.871. The Morgan fingerprint density at radius 3 is 2.42 bits per heavy atom. The number of carbonyl (C=O) groups is 2. The lowest BCUT2D eigenvalue weighted by atomic mass is 9.72. The third-order valence-electron chi connectivity index (χ3n) is 9.65. The topological polar surface area (TPSA) is 162 Å². The number of carboxylic acid groups (broad SMARTS) is 1. The van der Waals surface area contributed by atoms with Gasteiger partial charge in [0.25, 0.3) is 5.91 Å². The van der Waals surface area contributed by atoms with Crippen molar-refractivity contribution < 1.29 is 53.3 Å². The van der Waals surface area contributed by atoms with Crippen molar-refractivity contribution in [2.75, 3.05) is 21.0 Å². The third kappa shape index (κ3) is 8.55. The Balaban J connectivity index is 1.66. The van der Waals surface area contributed by atoms with Crippen LogP contribution in [0.2, 0.25) is 0 Å². The SMILES string of the molecule is CO[C@@H]1[C@H]2OCO[C@@H](NC(=O)[C@@H](O)[C@@]3(OC)CC(C)[C@@H](C)[C@@H](C)O3)[C@H]2O[C@H](C[C@H](O)CCCCC/C=C/C(=O)O)C1(C)C. The van der Waals surface area contributed by atoms with E-state index < -0.39 is 65.9 Å². The first-order valence-electron chi connectivity index (χ1n) is 15.5. The number of rotatable bonds is 14. The molecular weight excluding hydrogens is 562 g/mol. The molecule has 3 saturated heterocycles. The number of hydrogen-bond donors (Lipinski definition) is 4. The Kier molecular flexibility index (Phi) is 13.0. The van der Waals surface area contributed by atoms with E-state index in [-0.39, 0.29) is 24.7 Å². The highest BCUT2D eigenvalue weighted by Crippen LogP contribution is 2.44. The summed E-state index contributed by atoms with van der Waals surface area (Å²) in [6.45, 7) is 9.93. The summed E-state index contributed by atoms with van der Waals surface area (Å²) in [6, 6.07) is 0. The fourth-order valence-electron chi connectivity index (χ4n) is 6.63. The average Bonchev–Trinajstić information content (AvgIpc) is 2.95. The minimum absolute atomic E-state index is 0.103. The van der Waals surface area contributed by atoms with E-state index in [0.717, 1.165) is 25.3 Å². The van der Waals surface area contributed by atoms with E-state index in [2.05, 4.69) is 12.2 Å². The molecule has 0 spiro atoms. The van der Waals surface area contributed by atoms with Crippen molar-refractivity contribution in [2.45, 2.75) is 134 Å². The van der Waals surface area contributed by atoms with Crippen molar-refractivity contribution in [1.29, 1.82) is 0 Å². The van der Waals surface area contributed by atoms with E-state index in [9.17, 15) is 19.8 Å². The van der Waals surface area contributed by atoms with E-state index in [1.54, 1.807) is 13.2 Å². The van der Waals surface area contributed by atoms with E-state index in [4.69, 9.17) is 33.5 Å². The smallest absolute Gasteiger partial charge is 0.327 e. The second-order valence-electron chi connectivity index (χ2n) is 13.0. The van der Waals surface area contributed by atoms with Crippen LogP contribution in [0, 0.1) is 17.3 Å². The van der Waals surface area contributed by atoms with Crippen LogP contribution in [0.4, 0.5) is 0 Å². The van der Waals surface area contributed by atoms with E-state index in [0.29, 0.717) is 25.7 Å². The maximum absolute atomic E-state index is 13.4. The maximum atomic E-state index is 13.4. The van der Waals surface area contributed by atoms with Gasteiger partial charge in [0.1, 0.15) is 19.0 Å². The Morgan fingerprint density at radius 2 is 1.79 bits per heavy atom. The number of carboxylic acids is 1. The molecular formula is C31H53NO11. The van der Waals surface area contributed by atoms with Gasteiger partial charge in [0, 0.05) is 38.6 Å². The van der Waals surface area contributed by atoms with Gasteiger partial charge in [-0.15, -0.1) is 0 Å². The van der Waals surface area contributed by atoms with E-state index in [1.165, 1.54) is 7.11 Å². The molecule has 12 nitrogen and oxygen atoms in total. The first kappa shape index (κ1) is 35.8. The first-order chi connectivity index (χ1) is 20.3. The highest BCUT2D eigenvalue weighted by atomic mass is 16.7. The minimum atomic E-state index is -1.62. The highest BCUT2D eigenvalue weighted by molar-refractivity contribution is 5.82. The lowest BCUT2D eigenvalue weighted by Crippen LogP contribution is -2.69. The molecule has 0 aromatic heterocycles. The average molecular weight is 616 g/mol. The van der Waals surface area contributed by atoms with Crippen LogP contribution < -0.4 is 5.32 Å². The molecule has 3 heterocycles. The van der Waals surface area contributed by atoms with E-state index in [1.807, 2.05) is 27.7 Å². The van der Waals surface area contributed by atoms with Crippen LogP contribution in [0.3, 0.4) is 0 Å². The van der Waals surface area contributed by atoms with Crippen LogP contribution >= 0.6 is 0 Å². The largest absolute Gasteiger partial charge is 0.478 e. The zero-order valence-corrected chi connectivity index (χ0v) is 26.7. The Labute approximate surface area is 255 Å². The van der Waals surface area contributed by atoms with Crippen LogP contribution in [0.25, 0.3) is 0 Å². The Bertz CT molecular complexity index is 931. The number of aliphatic hydroxyl groups is 2. The van der Waals surface area contributed by atoms with Crippen molar-refractivity contribution in [3.63, 3.8) is 0 Å². The van der Waals surface area contributed by atoms with Crippen LogP contribution in [-0.2, 0) is 38.0 Å². The van der Waals surface area contributed by atoms with Gasteiger partial charge in [-0.2, -0.15) is 0 Å². The van der Waals surface area contributed by atoms with Gasteiger partial charge in [0.2, 0.25) is 5.79 Å². The third-order valence-corrected chi connectivity index (χ3v) is 9.65. The second-order valence-corrected chi connectivity index (χ2v) is 13.0. The number of amides is 1. The van der Waals surface area contributed by atoms with Crippen LogP contribution in [0.1, 0.15) is 79.6 Å². The number of methoxy groups -OCH3 is 2. The van der Waals surface area contributed by atoms with Gasteiger partial charge in [-0.3, -0.25) is 4.79 Å². The molecule has 3 rings (SSSR count).